The van der Waals surface area contributed by atoms with Crippen molar-refractivity contribution in [1.29, 1.82) is 0 Å². The first-order chi connectivity index (χ1) is 9.45. The molecule has 6 nitrogen and oxygen atoms in total. The molecule has 0 aliphatic heterocycles. The van der Waals surface area contributed by atoms with Gasteiger partial charge in [0.1, 0.15) is 5.75 Å². The van der Waals surface area contributed by atoms with Crippen molar-refractivity contribution >= 4 is 11.8 Å². The van der Waals surface area contributed by atoms with Gasteiger partial charge in [0.25, 0.3) is 0 Å². The summed E-state index contributed by atoms with van der Waals surface area (Å²) in [4.78, 5) is 24.3. The molecular weight excluding hydrogens is 258 g/mol. The molecule has 0 spiro atoms. The second kappa shape index (κ2) is 7.49. The summed E-state index contributed by atoms with van der Waals surface area (Å²) in [6.07, 6.45) is -0.156. The van der Waals surface area contributed by atoms with Crippen LogP contribution < -0.4 is 16.2 Å². The predicted octanol–water partition coefficient (Wildman–Crippen LogP) is 0.246. The molecule has 0 aliphatic rings. The van der Waals surface area contributed by atoms with Crippen molar-refractivity contribution in [3.05, 3.63) is 29.8 Å². The summed E-state index contributed by atoms with van der Waals surface area (Å²) in [6.45, 7) is 2.81. The summed E-state index contributed by atoms with van der Waals surface area (Å²) >= 11 is 0. The number of carbonyl (C=O) groups is 2. The van der Waals surface area contributed by atoms with Crippen molar-refractivity contribution in [3.8, 4) is 5.75 Å². The molecule has 0 fully saturated rings. The summed E-state index contributed by atoms with van der Waals surface area (Å²) in [6, 6.07) is 6.57. The number of primary amides is 1. The Labute approximate surface area is 118 Å². The van der Waals surface area contributed by atoms with E-state index in [4.69, 9.17) is 16.2 Å². The SMILES string of the molecule is CCOc1ccccc1CN(C)C(=O)C(N)CC(N)=O. The third kappa shape index (κ3) is 4.55. The smallest absolute Gasteiger partial charge is 0.240 e. The summed E-state index contributed by atoms with van der Waals surface area (Å²) in [7, 11) is 1.63. The normalized spacial score (nSPS) is 11.8. The average Bonchev–Trinajstić information content (AvgIpc) is 2.39. The molecule has 1 aromatic rings. The van der Waals surface area contributed by atoms with Crippen LogP contribution in [0.4, 0.5) is 0 Å². The molecule has 1 unspecified atom stereocenters. The van der Waals surface area contributed by atoms with E-state index in [-0.39, 0.29) is 12.3 Å². The van der Waals surface area contributed by atoms with Gasteiger partial charge in [-0.25, -0.2) is 0 Å². The number of nitrogens with zero attached hydrogens (tertiary/aromatic N) is 1. The van der Waals surface area contributed by atoms with Crippen molar-refractivity contribution in [1.82, 2.24) is 4.90 Å². The molecule has 4 N–H and O–H groups in total. The minimum Gasteiger partial charge on any atom is -0.494 e. The van der Waals surface area contributed by atoms with E-state index in [2.05, 4.69) is 0 Å². The van der Waals surface area contributed by atoms with E-state index in [0.717, 1.165) is 11.3 Å². The molecule has 0 saturated carbocycles. The van der Waals surface area contributed by atoms with Gasteiger partial charge >= 0.3 is 0 Å². The molecule has 1 atom stereocenters. The fourth-order valence-corrected chi connectivity index (χ4v) is 1.85. The largest absolute Gasteiger partial charge is 0.494 e. The van der Waals surface area contributed by atoms with Crippen LogP contribution in [-0.4, -0.2) is 36.4 Å². The second-order valence-electron chi connectivity index (χ2n) is 4.51. The zero-order valence-electron chi connectivity index (χ0n) is 11.8. The van der Waals surface area contributed by atoms with Crippen LogP contribution in [0.25, 0.3) is 0 Å². The molecule has 0 heterocycles. The Balaban J connectivity index is 2.72. The van der Waals surface area contributed by atoms with Crippen molar-refractivity contribution in [3.63, 3.8) is 0 Å². The highest BCUT2D eigenvalue weighted by Gasteiger charge is 2.20. The lowest BCUT2D eigenvalue weighted by atomic mass is 10.1. The van der Waals surface area contributed by atoms with E-state index >= 15 is 0 Å². The van der Waals surface area contributed by atoms with Crippen LogP contribution in [0.15, 0.2) is 24.3 Å². The number of benzene rings is 1. The highest BCUT2D eigenvalue weighted by Crippen LogP contribution is 2.19. The Kier molecular flexibility index (Phi) is 5.99. The van der Waals surface area contributed by atoms with Gasteiger partial charge in [-0.05, 0) is 13.0 Å². The number of likely N-dealkylation sites (N-methyl/N-ethyl adjacent to an activating group) is 1. The molecule has 110 valence electrons. The first-order valence-electron chi connectivity index (χ1n) is 6.45. The van der Waals surface area contributed by atoms with Gasteiger partial charge in [-0.1, -0.05) is 18.2 Å². The number of ether oxygens (including phenoxy) is 1. The van der Waals surface area contributed by atoms with E-state index in [1.54, 1.807) is 7.05 Å². The molecule has 1 aromatic carbocycles. The number of amides is 2. The van der Waals surface area contributed by atoms with Gasteiger partial charge in [-0.15, -0.1) is 0 Å². The Morgan fingerprint density at radius 2 is 2.00 bits per heavy atom. The summed E-state index contributed by atoms with van der Waals surface area (Å²) in [5.41, 5.74) is 11.6. The van der Waals surface area contributed by atoms with Gasteiger partial charge in [0.15, 0.2) is 0 Å². The van der Waals surface area contributed by atoms with Crippen molar-refractivity contribution < 1.29 is 14.3 Å². The maximum atomic E-state index is 12.0. The quantitative estimate of drug-likeness (QED) is 0.747. The van der Waals surface area contributed by atoms with Crippen LogP contribution in [-0.2, 0) is 16.1 Å². The van der Waals surface area contributed by atoms with E-state index in [1.807, 2.05) is 31.2 Å². The van der Waals surface area contributed by atoms with E-state index in [0.29, 0.717) is 13.2 Å². The molecule has 0 aromatic heterocycles. The zero-order valence-corrected chi connectivity index (χ0v) is 11.8. The van der Waals surface area contributed by atoms with Gasteiger partial charge in [0.05, 0.1) is 19.1 Å². The third-order valence-corrected chi connectivity index (χ3v) is 2.79. The molecule has 1 rings (SSSR count). The highest BCUT2D eigenvalue weighted by molar-refractivity contribution is 5.87. The molecular formula is C14H21N3O3. The number of para-hydroxylation sites is 1. The lowest BCUT2D eigenvalue weighted by Gasteiger charge is -2.22. The number of rotatable bonds is 7. The molecule has 6 heteroatoms. The first kappa shape index (κ1) is 16.0. The van der Waals surface area contributed by atoms with Gasteiger partial charge in [-0.3, -0.25) is 9.59 Å². The maximum absolute atomic E-state index is 12.0. The van der Waals surface area contributed by atoms with Crippen LogP contribution in [0.3, 0.4) is 0 Å². The van der Waals surface area contributed by atoms with Crippen molar-refractivity contribution in [2.24, 2.45) is 11.5 Å². The zero-order chi connectivity index (χ0) is 15.1. The van der Waals surface area contributed by atoms with E-state index in [9.17, 15) is 9.59 Å². The van der Waals surface area contributed by atoms with Crippen LogP contribution in [0.2, 0.25) is 0 Å². The van der Waals surface area contributed by atoms with Crippen molar-refractivity contribution in [2.75, 3.05) is 13.7 Å². The van der Waals surface area contributed by atoms with Crippen LogP contribution >= 0.6 is 0 Å². The van der Waals surface area contributed by atoms with Gasteiger partial charge in [0.2, 0.25) is 11.8 Å². The van der Waals surface area contributed by atoms with Gasteiger partial charge in [-0.2, -0.15) is 0 Å². The monoisotopic (exact) mass is 279 g/mol. The Bertz CT molecular complexity index is 476. The second-order valence-corrected chi connectivity index (χ2v) is 4.51. The number of hydrogen-bond acceptors (Lipinski definition) is 4. The Morgan fingerprint density at radius 1 is 1.35 bits per heavy atom. The predicted molar refractivity (Wildman–Crippen MR) is 75.9 cm³/mol. The molecule has 20 heavy (non-hydrogen) atoms. The van der Waals surface area contributed by atoms with Crippen LogP contribution in [0, 0.1) is 0 Å². The topological polar surface area (TPSA) is 98.7 Å². The van der Waals surface area contributed by atoms with Crippen LogP contribution in [0.5, 0.6) is 5.75 Å². The maximum Gasteiger partial charge on any atom is 0.240 e. The van der Waals surface area contributed by atoms with E-state index < -0.39 is 11.9 Å². The van der Waals surface area contributed by atoms with Gasteiger partial charge in [0, 0.05) is 19.2 Å². The lowest BCUT2D eigenvalue weighted by Crippen LogP contribution is -2.43. The van der Waals surface area contributed by atoms with E-state index in [1.165, 1.54) is 4.90 Å². The summed E-state index contributed by atoms with van der Waals surface area (Å²) < 4.78 is 5.50. The minimum absolute atomic E-state index is 0.156. The van der Waals surface area contributed by atoms with Crippen LogP contribution in [0.1, 0.15) is 18.9 Å². The van der Waals surface area contributed by atoms with Gasteiger partial charge < -0.3 is 21.1 Å². The minimum atomic E-state index is -0.906. The molecule has 0 radical (unpaired) electrons. The molecule has 0 bridgehead atoms. The fraction of sp³-hybridized carbons (Fsp3) is 0.429. The lowest BCUT2D eigenvalue weighted by molar-refractivity contribution is -0.134. The summed E-state index contributed by atoms with van der Waals surface area (Å²) in [5.74, 6) is -0.179. The molecule has 0 aliphatic carbocycles. The summed E-state index contributed by atoms with van der Waals surface area (Å²) in [5, 5.41) is 0. The highest BCUT2D eigenvalue weighted by atomic mass is 16.5. The average molecular weight is 279 g/mol. The number of hydrogen-bond donors (Lipinski definition) is 2. The fourth-order valence-electron chi connectivity index (χ4n) is 1.85. The third-order valence-electron chi connectivity index (χ3n) is 2.79. The standard InChI is InChI=1S/C14H21N3O3/c1-3-20-12-7-5-4-6-10(12)9-17(2)14(19)11(15)8-13(16)18/h4-7,11H,3,8-9,15H2,1-2H3,(H2,16,18). The Morgan fingerprint density at radius 3 is 2.60 bits per heavy atom. The first-order valence-corrected chi connectivity index (χ1v) is 6.45. The van der Waals surface area contributed by atoms with Crippen molar-refractivity contribution in [2.45, 2.75) is 25.9 Å². The molecule has 2 amide bonds. The number of carbonyl (C=O) groups excluding carboxylic acids is 2. The Hall–Kier alpha value is -2.08. The molecule has 0 saturated heterocycles. The number of nitrogens with two attached hydrogens (primary N) is 2.